The van der Waals surface area contributed by atoms with Crippen LogP contribution in [0.2, 0.25) is 0 Å². The Morgan fingerprint density at radius 3 is 2.36 bits per heavy atom. The fourth-order valence-electron chi connectivity index (χ4n) is 8.34. The van der Waals surface area contributed by atoms with E-state index in [2.05, 4.69) is 62.3 Å². The molecule has 1 aliphatic heterocycles. The standard InChI is InChI=1S/C33H58ClN3.CH4.4H2O/c1-6-35-30-12-8-11-28(20-30)27-10-7-9-25(19-27)21-36-32(24(2)3)22-37-18-17-31(33(4,5)23-37)26-13-15-29(34)16-14-26;;;;;/h15,20,24-27,30-32,35-36H,6-14,16-19,21-23H2,1-5H3;1H4;4*1H2/t25?,26?,27?,30?,31-,32+;;;;;/m1...../s1. The maximum atomic E-state index is 6.29. The molecule has 8 heteroatoms. The molecule has 7 nitrogen and oxygen atoms in total. The first-order chi connectivity index (χ1) is 17.7. The third-order valence-electron chi connectivity index (χ3n) is 10.5. The summed E-state index contributed by atoms with van der Waals surface area (Å²) in [5, 5.41) is 8.88. The van der Waals surface area contributed by atoms with E-state index in [1.807, 2.05) is 0 Å². The summed E-state index contributed by atoms with van der Waals surface area (Å²) in [6.07, 6.45) is 19.5. The Morgan fingerprint density at radius 2 is 1.74 bits per heavy atom. The zero-order valence-corrected chi connectivity index (χ0v) is 27.6. The molecule has 0 amide bonds. The number of allylic oxidation sites excluding steroid dienone is 3. The lowest BCUT2D eigenvalue weighted by atomic mass is 9.65. The number of rotatable bonds is 10. The predicted octanol–water partition coefficient (Wildman–Crippen LogP) is 5.10. The third-order valence-corrected chi connectivity index (χ3v) is 10.8. The third kappa shape index (κ3) is 12.1. The first kappa shape index (κ1) is 43.6. The molecule has 4 rings (SSSR count). The van der Waals surface area contributed by atoms with E-state index in [1.54, 1.807) is 5.57 Å². The van der Waals surface area contributed by atoms with Gasteiger partial charge in [0.05, 0.1) is 0 Å². The lowest BCUT2D eigenvalue weighted by molar-refractivity contribution is 0.0115. The number of likely N-dealkylation sites (N-methyl/N-ethyl adjacent to an activating group) is 1. The van der Waals surface area contributed by atoms with Crippen molar-refractivity contribution in [2.45, 2.75) is 125 Å². The molecule has 3 aliphatic carbocycles. The maximum absolute atomic E-state index is 6.29. The second kappa shape index (κ2) is 20.5. The number of nitrogens with zero attached hydrogens (tertiary/aromatic N) is 1. The largest absolute Gasteiger partial charge is 0.412 e. The zero-order valence-electron chi connectivity index (χ0n) is 26.8. The normalized spacial score (nSPS) is 30.1. The second-order valence-electron chi connectivity index (χ2n) is 14.1. The first-order valence-electron chi connectivity index (χ1n) is 16.0. The molecule has 6 atom stereocenters. The lowest BCUT2D eigenvalue weighted by Gasteiger charge is -2.49. The molecule has 0 bridgehead atoms. The van der Waals surface area contributed by atoms with Gasteiger partial charge < -0.3 is 37.4 Å². The minimum absolute atomic E-state index is 0. The van der Waals surface area contributed by atoms with Crippen molar-refractivity contribution in [2.75, 3.05) is 32.7 Å². The quantitative estimate of drug-likeness (QED) is 0.327. The Kier molecular flexibility index (Phi) is 21.3. The molecule has 2 fully saturated rings. The molecule has 42 heavy (non-hydrogen) atoms. The summed E-state index contributed by atoms with van der Waals surface area (Å²) in [6.45, 7) is 18.1. The van der Waals surface area contributed by atoms with Crippen LogP contribution < -0.4 is 10.6 Å². The smallest absolute Gasteiger partial charge is 0.0252 e. The van der Waals surface area contributed by atoms with Crippen LogP contribution in [0.15, 0.2) is 22.8 Å². The molecule has 0 spiro atoms. The van der Waals surface area contributed by atoms with Crippen molar-refractivity contribution in [1.82, 2.24) is 15.5 Å². The SMILES string of the molecule is C.CCNC1C=C(C2CCCC(CN[C@@H](CN3CC[C@H](C4CC=C(Cl)CC4)C(C)(C)C3)C(C)C)C2)CCC1.O.O.O.O. The van der Waals surface area contributed by atoms with Gasteiger partial charge >= 0.3 is 0 Å². The molecule has 0 aromatic carbocycles. The van der Waals surface area contributed by atoms with Crippen molar-refractivity contribution >= 4 is 11.6 Å². The Hall–Kier alpha value is -0.510. The van der Waals surface area contributed by atoms with E-state index in [0.29, 0.717) is 23.4 Å². The van der Waals surface area contributed by atoms with Gasteiger partial charge in [0, 0.05) is 30.2 Å². The summed E-state index contributed by atoms with van der Waals surface area (Å²) in [7, 11) is 0. The maximum Gasteiger partial charge on any atom is 0.0252 e. The van der Waals surface area contributed by atoms with Crippen LogP contribution >= 0.6 is 11.6 Å². The van der Waals surface area contributed by atoms with E-state index in [9.17, 15) is 0 Å². The minimum atomic E-state index is 0. The molecule has 252 valence electrons. The van der Waals surface area contributed by atoms with E-state index in [4.69, 9.17) is 11.6 Å². The van der Waals surface area contributed by atoms with Crippen molar-refractivity contribution in [2.24, 2.45) is 35.0 Å². The van der Waals surface area contributed by atoms with Crippen LogP contribution in [0.3, 0.4) is 0 Å². The summed E-state index contributed by atoms with van der Waals surface area (Å²) in [6, 6.07) is 1.22. The number of halogens is 1. The summed E-state index contributed by atoms with van der Waals surface area (Å²) < 4.78 is 0. The Morgan fingerprint density at radius 1 is 1.00 bits per heavy atom. The van der Waals surface area contributed by atoms with Gasteiger partial charge in [-0.1, -0.05) is 77.8 Å². The fourth-order valence-corrected chi connectivity index (χ4v) is 8.54. The van der Waals surface area contributed by atoms with Gasteiger partial charge in [0.1, 0.15) is 0 Å². The van der Waals surface area contributed by atoms with Gasteiger partial charge in [-0.05, 0) is 119 Å². The number of piperidine rings is 1. The van der Waals surface area contributed by atoms with Crippen LogP contribution in [0.25, 0.3) is 0 Å². The molecular weight excluding hydrogens is 550 g/mol. The monoisotopic (exact) mass is 620 g/mol. The molecule has 4 unspecified atom stereocenters. The fraction of sp³-hybridized carbons (Fsp3) is 0.882. The minimum Gasteiger partial charge on any atom is -0.412 e. The number of hydrogen-bond acceptors (Lipinski definition) is 3. The van der Waals surface area contributed by atoms with E-state index in [-0.39, 0.29) is 29.3 Å². The lowest BCUT2D eigenvalue weighted by Crippen LogP contribution is -2.53. The first-order valence-corrected chi connectivity index (χ1v) is 16.4. The van der Waals surface area contributed by atoms with Crippen LogP contribution in [-0.2, 0) is 0 Å². The summed E-state index contributed by atoms with van der Waals surface area (Å²) in [5.41, 5.74) is 2.17. The molecule has 4 aliphatic rings. The highest BCUT2D eigenvalue weighted by Crippen LogP contribution is 2.45. The van der Waals surface area contributed by atoms with Gasteiger partial charge in [0.2, 0.25) is 0 Å². The van der Waals surface area contributed by atoms with Gasteiger partial charge in [0.25, 0.3) is 0 Å². The van der Waals surface area contributed by atoms with Crippen LogP contribution in [0, 0.1) is 35.0 Å². The Balaban J connectivity index is 0. The summed E-state index contributed by atoms with van der Waals surface area (Å²) >= 11 is 6.29. The van der Waals surface area contributed by atoms with E-state index in [1.165, 1.54) is 90.4 Å². The molecule has 1 saturated carbocycles. The molecule has 10 N–H and O–H groups in total. The molecule has 0 radical (unpaired) electrons. The molecular formula is C34H70ClN3O4. The van der Waals surface area contributed by atoms with E-state index >= 15 is 0 Å². The topological polar surface area (TPSA) is 153 Å². The number of likely N-dealkylation sites (tertiary alicyclic amines) is 1. The van der Waals surface area contributed by atoms with Gasteiger partial charge in [-0.3, -0.25) is 0 Å². The van der Waals surface area contributed by atoms with Gasteiger partial charge in [0.15, 0.2) is 0 Å². The van der Waals surface area contributed by atoms with Crippen molar-refractivity contribution < 1.29 is 21.9 Å². The van der Waals surface area contributed by atoms with Crippen LogP contribution in [0.1, 0.15) is 113 Å². The molecule has 1 heterocycles. The highest BCUT2D eigenvalue weighted by Gasteiger charge is 2.41. The van der Waals surface area contributed by atoms with Gasteiger partial charge in [-0.25, -0.2) is 0 Å². The van der Waals surface area contributed by atoms with Crippen molar-refractivity contribution in [1.29, 1.82) is 0 Å². The molecule has 0 aromatic rings. The van der Waals surface area contributed by atoms with Crippen LogP contribution in [0.4, 0.5) is 0 Å². The predicted molar refractivity (Wildman–Crippen MR) is 182 cm³/mol. The van der Waals surface area contributed by atoms with Gasteiger partial charge in [-0.2, -0.15) is 0 Å². The average molecular weight is 620 g/mol. The zero-order chi connectivity index (χ0) is 26.4. The van der Waals surface area contributed by atoms with Crippen molar-refractivity contribution in [3.8, 4) is 0 Å². The van der Waals surface area contributed by atoms with Crippen molar-refractivity contribution in [3.63, 3.8) is 0 Å². The average Bonchev–Trinajstić information content (AvgIpc) is 2.87. The molecule has 0 aromatic heterocycles. The van der Waals surface area contributed by atoms with E-state index in [0.717, 1.165) is 41.7 Å². The highest BCUT2D eigenvalue weighted by molar-refractivity contribution is 6.29. The second-order valence-corrected chi connectivity index (χ2v) is 14.6. The number of hydrogen-bond donors (Lipinski definition) is 2. The summed E-state index contributed by atoms with van der Waals surface area (Å²) in [4.78, 5) is 2.79. The number of nitrogens with one attached hydrogen (secondary N) is 2. The highest BCUT2D eigenvalue weighted by atomic mass is 35.5. The molecule has 1 saturated heterocycles. The Labute approximate surface area is 263 Å². The van der Waals surface area contributed by atoms with Gasteiger partial charge in [-0.15, -0.1) is 0 Å². The van der Waals surface area contributed by atoms with Crippen LogP contribution in [-0.4, -0.2) is 71.6 Å². The van der Waals surface area contributed by atoms with E-state index < -0.39 is 0 Å². The Bertz CT molecular complexity index is 791. The van der Waals surface area contributed by atoms with Crippen molar-refractivity contribution in [3.05, 3.63) is 22.8 Å². The van der Waals surface area contributed by atoms with Crippen LogP contribution in [0.5, 0.6) is 0 Å². The summed E-state index contributed by atoms with van der Waals surface area (Å²) in [5.74, 6) is 4.01.